The van der Waals surface area contributed by atoms with Gasteiger partial charge in [-0.1, -0.05) is 11.2 Å². The molecule has 0 amide bonds. The Morgan fingerprint density at radius 2 is 1.67 bits per heavy atom. The standard InChI is InChI=1S/C8H13B4NO2/c1-7(2,3)13-8(11,12)5(10)4(9)6(14)15/h4-5,13H,1-3H3,(H,14,15). The zero-order valence-corrected chi connectivity index (χ0v) is 9.32. The third-order valence-electron chi connectivity index (χ3n) is 1.82. The van der Waals surface area contributed by atoms with Crippen LogP contribution in [0.4, 0.5) is 0 Å². The lowest BCUT2D eigenvalue weighted by molar-refractivity contribution is -0.137. The van der Waals surface area contributed by atoms with Crippen molar-refractivity contribution in [2.24, 2.45) is 0 Å². The number of carboxylic acid groups (broad SMARTS) is 1. The summed E-state index contributed by atoms with van der Waals surface area (Å²) in [6.07, 6.45) is 0. The minimum absolute atomic E-state index is 0.390. The zero-order chi connectivity index (χ0) is 12.4. The van der Waals surface area contributed by atoms with Gasteiger partial charge in [0.25, 0.3) is 5.97 Å². The van der Waals surface area contributed by atoms with E-state index in [2.05, 4.69) is 5.32 Å². The minimum Gasteiger partial charge on any atom is -0.482 e. The Hall–Kier alpha value is -0.310. The second-order valence-corrected chi connectivity index (χ2v) is 4.70. The van der Waals surface area contributed by atoms with Crippen molar-refractivity contribution in [2.75, 3.05) is 0 Å². The number of hydrogen-bond donors (Lipinski definition) is 2. The Labute approximate surface area is 96.4 Å². The van der Waals surface area contributed by atoms with Crippen LogP contribution in [0.15, 0.2) is 0 Å². The van der Waals surface area contributed by atoms with Crippen molar-refractivity contribution >= 4 is 37.4 Å². The van der Waals surface area contributed by atoms with Crippen LogP contribution in [0.3, 0.4) is 0 Å². The van der Waals surface area contributed by atoms with Gasteiger partial charge in [-0.2, -0.15) is 0 Å². The van der Waals surface area contributed by atoms with Crippen LogP contribution in [0, 0.1) is 0 Å². The smallest absolute Gasteiger partial charge is 0.297 e. The summed E-state index contributed by atoms with van der Waals surface area (Å²) < 4.78 is 0. The Bertz CT molecular complexity index is 239. The first-order valence-electron chi connectivity index (χ1n) is 4.58. The van der Waals surface area contributed by atoms with Gasteiger partial charge in [0.2, 0.25) is 0 Å². The molecule has 74 valence electrons. The van der Waals surface area contributed by atoms with Gasteiger partial charge in [0, 0.05) is 11.4 Å². The third kappa shape index (κ3) is 4.83. The lowest BCUT2D eigenvalue weighted by Gasteiger charge is -2.42. The highest BCUT2D eigenvalue weighted by atomic mass is 16.4. The summed E-state index contributed by atoms with van der Waals surface area (Å²) >= 11 is 0. The van der Waals surface area contributed by atoms with E-state index >= 15 is 0 Å². The quantitative estimate of drug-likeness (QED) is 0.591. The van der Waals surface area contributed by atoms with Gasteiger partial charge in [-0.3, -0.25) is 4.79 Å². The predicted molar refractivity (Wildman–Crippen MR) is 63.8 cm³/mol. The molecule has 0 spiro atoms. The van der Waals surface area contributed by atoms with Gasteiger partial charge in [0.15, 0.2) is 0 Å². The predicted octanol–water partition coefficient (Wildman–Crippen LogP) is -0.636. The van der Waals surface area contributed by atoms with Crippen LogP contribution in [-0.4, -0.2) is 53.3 Å². The molecule has 2 unspecified atom stereocenters. The first-order valence-corrected chi connectivity index (χ1v) is 4.58. The molecular weight excluding hydrogens is 185 g/mol. The molecule has 0 aromatic carbocycles. The Morgan fingerprint density at radius 3 is 1.93 bits per heavy atom. The molecule has 2 N–H and O–H groups in total. The number of carboxylic acids is 1. The van der Waals surface area contributed by atoms with Crippen molar-refractivity contribution < 1.29 is 9.90 Å². The minimum atomic E-state index is -1.53. The molecule has 0 aliphatic carbocycles. The fourth-order valence-electron chi connectivity index (χ4n) is 1.18. The summed E-state index contributed by atoms with van der Waals surface area (Å²) in [6, 6.07) is 0. The summed E-state index contributed by atoms with van der Waals surface area (Å²) in [7, 11) is 22.3. The molecule has 0 aliphatic rings. The van der Waals surface area contributed by atoms with Crippen LogP contribution in [0.25, 0.3) is 0 Å². The lowest BCUT2D eigenvalue weighted by Crippen LogP contribution is -2.58. The maximum atomic E-state index is 10.6. The van der Waals surface area contributed by atoms with Crippen molar-refractivity contribution in [3.05, 3.63) is 0 Å². The first kappa shape index (κ1) is 14.7. The molecule has 3 nitrogen and oxygen atoms in total. The molecule has 2 atom stereocenters. The highest BCUT2D eigenvalue weighted by Crippen LogP contribution is 2.28. The van der Waals surface area contributed by atoms with E-state index in [-0.39, 0.29) is 5.54 Å². The van der Waals surface area contributed by atoms with Gasteiger partial charge < -0.3 is 10.4 Å². The molecule has 0 heterocycles. The molecule has 0 fully saturated rings. The topological polar surface area (TPSA) is 49.3 Å². The van der Waals surface area contributed by atoms with Gasteiger partial charge in [0.05, 0.1) is 31.4 Å². The number of rotatable bonds is 4. The van der Waals surface area contributed by atoms with E-state index in [0.29, 0.717) is 0 Å². The van der Waals surface area contributed by atoms with Gasteiger partial charge in [-0.05, 0) is 20.8 Å². The molecule has 0 aliphatic heterocycles. The summed E-state index contributed by atoms with van der Waals surface area (Å²) in [6.45, 7) is 5.50. The number of nitrogens with one attached hydrogen (secondary N) is 1. The van der Waals surface area contributed by atoms with Gasteiger partial charge in [-0.25, -0.2) is 0 Å². The molecule has 0 rings (SSSR count). The third-order valence-corrected chi connectivity index (χ3v) is 1.82. The van der Waals surface area contributed by atoms with Crippen molar-refractivity contribution in [3.63, 3.8) is 0 Å². The molecular formula is C8H13B4NO2. The number of carbonyl (C=O) groups is 1. The number of hydrogen-bond acceptors (Lipinski definition) is 2. The number of aliphatic carboxylic acids is 1. The van der Waals surface area contributed by atoms with Crippen molar-refractivity contribution in [2.45, 2.75) is 43.3 Å². The molecule has 8 radical (unpaired) electrons. The van der Waals surface area contributed by atoms with E-state index in [9.17, 15) is 4.79 Å². The van der Waals surface area contributed by atoms with Gasteiger partial charge in [0.1, 0.15) is 0 Å². The molecule has 15 heavy (non-hydrogen) atoms. The summed E-state index contributed by atoms with van der Waals surface area (Å²) in [5, 5.41) is 9.96. The largest absolute Gasteiger partial charge is 0.482 e. The lowest BCUT2D eigenvalue weighted by atomic mass is 9.43. The average molecular weight is 198 g/mol. The van der Waals surface area contributed by atoms with Gasteiger partial charge >= 0.3 is 0 Å². The Kier molecular flexibility index (Phi) is 4.59. The highest BCUT2D eigenvalue weighted by Gasteiger charge is 2.33. The molecule has 0 aromatic rings. The van der Waals surface area contributed by atoms with Gasteiger partial charge in [-0.15, -0.1) is 0 Å². The van der Waals surface area contributed by atoms with E-state index in [1.165, 1.54) is 0 Å². The van der Waals surface area contributed by atoms with E-state index < -0.39 is 22.9 Å². The van der Waals surface area contributed by atoms with E-state index in [4.69, 9.17) is 36.5 Å². The maximum absolute atomic E-state index is 10.6. The summed E-state index contributed by atoms with van der Waals surface area (Å²) in [4.78, 5) is 10.6. The second-order valence-electron chi connectivity index (χ2n) is 4.70. The maximum Gasteiger partial charge on any atom is 0.297 e. The fraction of sp³-hybridized carbons (Fsp3) is 0.875. The van der Waals surface area contributed by atoms with Crippen LogP contribution in [0.5, 0.6) is 0 Å². The van der Waals surface area contributed by atoms with E-state index in [1.54, 1.807) is 0 Å². The molecule has 7 heteroatoms. The first-order chi connectivity index (χ1) is 6.47. The van der Waals surface area contributed by atoms with Crippen LogP contribution in [0.1, 0.15) is 20.8 Å². The monoisotopic (exact) mass is 199 g/mol. The van der Waals surface area contributed by atoms with Crippen LogP contribution in [0.2, 0.25) is 11.6 Å². The second kappa shape index (κ2) is 4.69. The van der Waals surface area contributed by atoms with Crippen LogP contribution >= 0.6 is 0 Å². The normalized spacial score (nSPS) is 17.0. The molecule has 0 aromatic heterocycles. The fourth-order valence-corrected chi connectivity index (χ4v) is 1.18. The van der Waals surface area contributed by atoms with Crippen LogP contribution < -0.4 is 5.32 Å². The zero-order valence-electron chi connectivity index (χ0n) is 9.32. The Morgan fingerprint density at radius 1 is 1.27 bits per heavy atom. The van der Waals surface area contributed by atoms with Crippen molar-refractivity contribution in [3.8, 4) is 0 Å². The Balaban J connectivity index is 4.65. The highest BCUT2D eigenvalue weighted by molar-refractivity contribution is 6.46. The average Bonchev–Trinajstić information content (AvgIpc) is 1.96. The summed E-state index contributed by atoms with van der Waals surface area (Å²) in [5.41, 5.74) is -0.390. The molecule has 0 bridgehead atoms. The van der Waals surface area contributed by atoms with Crippen molar-refractivity contribution in [1.29, 1.82) is 0 Å². The van der Waals surface area contributed by atoms with Crippen molar-refractivity contribution in [1.82, 2.24) is 5.32 Å². The molecule has 0 saturated carbocycles. The SMILES string of the molecule is [B]C(C(=O)O)C([B])C([B])([B])NC(C)(C)C. The van der Waals surface area contributed by atoms with Crippen LogP contribution in [-0.2, 0) is 4.79 Å². The van der Waals surface area contributed by atoms with E-state index in [0.717, 1.165) is 0 Å². The van der Waals surface area contributed by atoms with E-state index in [1.807, 2.05) is 20.8 Å². The molecule has 0 saturated heterocycles. The summed E-state index contributed by atoms with van der Waals surface area (Å²) in [5.74, 6) is -3.64.